The van der Waals surface area contributed by atoms with Crippen molar-refractivity contribution in [3.63, 3.8) is 0 Å². The van der Waals surface area contributed by atoms with Crippen molar-refractivity contribution in [2.24, 2.45) is 0 Å². The van der Waals surface area contributed by atoms with Crippen molar-refractivity contribution in [2.75, 3.05) is 13.2 Å². The molecule has 24 heavy (non-hydrogen) atoms. The lowest BCUT2D eigenvalue weighted by atomic mass is 9.94. The van der Waals surface area contributed by atoms with Crippen LogP contribution in [0.25, 0.3) is 0 Å². The highest BCUT2D eigenvalue weighted by Crippen LogP contribution is 2.19. The molecule has 2 amide bonds. The lowest BCUT2D eigenvalue weighted by molar-refractivity contribution is 0.235. The van der Waals surface area contributed by atoms with Crippen LogP contribution in [0, 0.1) is 0 Å². The summed E-state index contributed by atoms with van der Waals surface area (Å²) in [4.78, 5) is 12.1. The molecule has 0 unspecified atom stereocenters. The first-order chi connectivity index (χ1) is 11.8. The van der Waals surface area contributed by atoms with E-state index in [0.717, 1.165) is 42.7 Å². The highest BCUT2D eigenvalue weighted by Gasteiger charge is 2.21. The van der Waals surface area contributed by atoms with Gasteiger partial charge in [0.1, 0.15) is 5.75 Å². The normalized spacial score (nSPS) is 16.3. The number of nitrogens with one attached hydrogen (secondary N) is 3. The first-order valence-electron chi connectivity index (χ1n) is 8.52. The minimum atomic E-state index is -0.114. The minimum absolute atomic E-state index is 0.114. The zero-order chi connectivity index (χ0) is 16.8. The number of nitrogens with zero attached hydrogens (tertiary/aromatic N) is 1. The largest absolute Gasteiger partial charge is 0.494 e. The quantitative estimate of drug-likeness (QED) is 0.761. The SMILES string of the molecule is CCOc1ccccc1CCNC(=O)N[C@H]1CCc2cn[nH]c2C1. The Kier molecular flexibility index (Phi) is 5.36. The van der Waals surface area contributed by atoms with E-state index >= 15 is 0 Å². The number of aryl methyl sites for hydroxylation is 1. The van der Waals surface area contributed by atoms with Crippen LogP contribution in [0.4, 0.5) is 4.79 Å². The van der Waals surface area contributed by atoms with Gasteiger partial charge in [0, 0.05) is 24.7 Å². The summed E-state index contributed by atoms with van der Waals surface area (Å²) in [6, 6.07) is 7.99. The second kappa shape index (κ2) is 7.86. The molecule has 1 aromatic heterocycles. The van der Waals surface area contributed by atoms with Gasteiger partial charge in [-0.2, -0.15) is 5.10 Å². The molecule has 0 saturated heterocycles. The number of para-hydroxylation sites is 1. The number of hydrogen-bond donors (Lipinski definition) is 3. The maximum atomic E-state index is 12.1. The third-order valence-electron chi connectivity index (χ3n) is 4.31. The van der Waals surface area contributed by atoms with Gasteiger partial charge in [-0.25, -0.2) is 4.79 Å². The number of amides is 2. The second-order valence-electron chi connectivity index (χ2n) is 6.00. The Morgan fingerprint density at radius 1 is 1.42 bits per heavy atom. The smallest absolute Gasteiger partial charge is 0.315 e. The fourth-order valence-electron chi connectivity index (χ4n) is 3.09. The molecule has 2 aromatic rings. The van der Waals surface area contributed by atoms with E-state index in [4.69, 9.17) is 4.74 Å². The maximum Gasteiger partial charge on any atom is 0.315 e. The number of H-pyrrole nitrogens is 1. The van der Waals surface area contributed by atoms with Crippen LogP contribution in [0.1, 0.15) is 30.2 Å². The molecule has 1 aromatic carbocycles. The summed E-state index contributed by atoms with van der Waals surface area (Å²) >= 11 is 0. The molecule has 0 radical (unpaired) electrons. The standard InChI is InChI=1S/C18H24N4O2/c1-2-24-17-6-4-3-5-13(17)9-10-19-18(23)21-15-8-7-14-12-20-22-16(14)11-15/h3-6,12,15H,2,7-11H2,1H3,(H,20,22)(H2,19,21,23)/t15-/m0/s1. The lowest BCUT2D eigenvalue weighted by Gasteiger charge is -2.23. The molecule has 0 spiro atoms. The van der Waals surface area contributed by atoms with Gasteiger partial charge in [0.15, 0.2) is 0 Å². The van der Waals surface area contributed by atoms with Crippen molar-refractivity contribution in [1.29, 1.82) is 0 Å². The number of ether oxygens (including phenoxy) is 1. The summed E-state index contributed by atoms with van der Waals surface area (Å²) in [6.45, 7) is 3.19. The van der Waals surface area contributed by atoms with E-state index < -0.39 is 0 Å². The summed E-state index contributed by atoms with van der Waals surface area (Å²) in [5, 5.41) is 13.0. The molecule has 1 heterocycles. The number of aromatic amines is 1. The van der Waals surface area contributed by atoms with E-state index in [0.29, 0.717) is 13.2 Å². The van der Waals surface area contributed by atoms with Crippen molar-refractivity contribution < 1.29 is 9.53 Å². The van der Waals surface area contributed by atoms with Gasteiger partial charge in [-0.1, -0.05) is 18.2 Å². The molecule has 0 fully saturated rings. The van der Waals surface area contributed by atoms with Crippen molar-refractivity contribution in [3.05, 3.63) is 47.3 Å². The van der Waals surface area contributed by atoms with E-state index in [1.165, 1.54) is 5.56 Å². The Labute approximate surface area is 142 Å². The van der Waals surface area contributed by atoms with Crippen LogP contribution in [0.5, 0.6) is 5.75 Å². The summed E-state index contributed by atoms with van der Waals surface area (Å²) in [6.07, 6.45) is 5.35. The first kappa shape index (κ1) is 16.4. The topological polar surface area (TPSA) is 79.0 Å². The maximum absolute atomic E-state index is 12.1. The molecule has 1 aliphatic carbocycles. The molecule has 3 N–H and O–H groups in total. The molecule has 0 bridgehead atoms. The minimum Gasteiger partial charge on any atom is -0.494 e. The fraction of sp³-hybridized carbons (Fsp3) is 0.444. The van der Waals surface area contributed by atoms with Gasteiger partial charge in [-0.15, -0.1) is 0 Å². The lowest BCUT2D eigenvalue weighted by Crippen LogP contribution is -2.45. The van der Waals surface area contributed by atoms with Gasteiger partial charge in [-0.05, 0) is 43.4 Å². The van der Waals surface area contributed by atoms with E-state index in [1.54, 1.807) is 0 Å². The Morgan fingerprint density at radius 3 is 3.17 bits per heavy atom. The number of carbonyl (C=O) groups excluding carboxylic acids is 1. The van der Waals surface area contributed by atoms with Gasteiger partial charge >= 0.3 is 6.03 Å². The number of benzene rings is 1. The van der Waals surface area contributed by atoms with E-state index in [-0.39, 0.29) is 12.1 Å². The zero-order valence-corrected chi connectivity index (χ0v) is 14.0. The fourth-order valence-corrected chi connectivity index (χ4v) is 3.09. The number of carbonyl (C=O) groups is 1. The zero-order valence-electron chi connectivity index (χ0n) is 14.0. The number of urea groups is 1. The van der Waals surface area contributed by atoms with Gasteiger partial charge < -0.3 is 15.4 Å². The monoisotopic (exact) mass is 328 g/mol. The van der Waals surface area contributed by atoms with Crippen LogP contribution in [0.15, 0.2) is 30.5 Å². The highest BCUT2D eigenvalue weighted by molar-refractivity contribution is 5.74. The average molecular weight is 328 g/mol. The summed E-state index contributed by atoms with van der Waals surface area (Å²) in [5.41, 5.74) is 3.51. The van der Waals surface area contributed by atoms with E-state index in [2.05, 4.69) is 20.8 Å². The second-order valence-corrected chi connectivity index (χ2v) is 6.00. The number of aromatic nitrogens is 2. The number of fused-ring (bicyclic) bond motifs is 1. The third-order valence-corrected chi connectivity index (χ3v) is 4.31. The Morgan fingerprint density at radius 2 is 2.29 bits per heavy atom. The molecule has 1 aliphatic rings. The summed E-state index contributed by atoms with van der Waals surface area (Å²) in [7, 11) is 0. The highest BCUT2D eigenvalue weighted by atomic mass is 16.5. The van der Waals surface area contributed by atoms with Crippen molar-refractivity contribution in [1.82, 2.24) is 20.8 Å². The van der Waals surface area contributed by atoms with Crippen LogP contribution in [0.3, 0.4) is 0 Å². The van der Waals surface area contributed by atoms with Crippen LogP contribution in [0.2, 0.25) is 0 Å². The van der Waals surface area contributed by atoms with Crippen LogP contribution >= 0.6 is 0 Å². The predicted molar refractivity (Wildman–Crippen MR) is 92.3 cm³/mol. The molecular formula is C18H24N4O2. The molecule has 128 valence electrons. The van der Waals surface area contributed by atoms with Crippen molar-refractivity contribution >= 4 is 6.03 Å². The third kappa shape index (κ3) is 4.07. The number of hydrogen-bond acceptors (Lipinski definition) is 3. The summed E-state index contributed by atoms with van der Waals surface area (Å²) in [5.74, 6) is 0.890. The van der Waals surface area contributed by atoms with Crippen LogP contribution in [-0.4, -0.2) is 35.4 Å². The van der Waals surface area contributed by atoms with Gasteiger partial charge in [0.2, 0.25) is 0 Å². The molecule has 0 aliphatic heterocycles. The predicted octanol–water partition coefficient (Wildman–Crippen LogP) is 2.21. The van der Waals surface area contributed by atoms with Crippen LogP contribution < -0.4 is 15.4 Å². The van der Waals surface area contributed by atoms with E-state index in [9.17, 15) is 4.79 Å². The van der Waals surface area contributed by atoms with Gasteiger partial charge in [-0.3, -0.25) is 5.10 Å². The van der Waals surface area contributed by atoms with E-state index in [1.807, 2.05) is 37.4 Å². The molecule has 3 rings (SSSR count). The van der Waals surface area contributed by atoms with Crippen LogP contribution in [-0.2, 0) is 19.3 Å². The molecule has 1 atom stereocenters. The average Bonchev–Trinajstić information content (AvgIpc) is 3.04. The molecular weight excluding hydrogens is 304 g/mol. The van der Waals surface area contributed by atoms with Gasteiger partial charge in [0.05, 0.1) is 12.8 Å². The molecule has 6 nitrogen and oxygen atoms in total. The Balaban J connectivity index is 1.43. The van der Waals surface area contributed by atoms with Gasteiger partial charge in [0.25, 0.3) is 0 Å². The molecule has 0 saturated carbocycles. The molecule has 6 heteroatoms. The van der Waals surface area contributed by atoms with Crippen molar-refractivity contribution in [2.45, 2.75) is 38.6 Å². The Bertz CT molecular complexity index is 683. The first-order valence-corrected chi connectivity index (χ1v) is 8.52. The summed E-state index contributed by atoms with van der Waals surface area (Å²) < 4.78 is 5.60. The Hall–Kier alpha value is -2.50. The van der Waals surface area contributed by atoms with Crippen molar-refractivity contribution in [3.8, 4) is 5.75 Å². The number of rotatable bonds is 6.